The van der Waals surface area contributed by atoms with Gasteiger partial charge in [0.05, 0.1) is 0 Å². The van der Waals surface area contributed by atoms with Gasteiger partial charge in [0.15, 0.2) is 6.29 Å². The molecule has 4 heteroatoms. The number of nitrogens with one attached hydrogen (secondary N) is 1. The summed E-state index contributed by atoms with van der Waals surface area (Å²) in [5.41, 5.74) is 0. The molecule has 4 nitrogen and oxygen atoms in total. The van der Waals surface area contributed by atoms with Gasteiger partial charge in [0.25, 0.3) is 0 Å². The maximum absolute atomic E-state index is 5.30. The number of likely N-dealkylation sites (tertiary alicyclic amines) is 1. The smallest absolute Gasteiger partial charge is 0.169 e. The molecular weight excluding hydrogens is 204 g/mol. The molecule has 0 aliphatic carbocycles. The van der Waals surface area contributed by atoms with E-state index in [-0.39, 0.29) is 6.29 Å². The third kappa shape index (κ3) is 2.25. The summed E-state index contributed by atoms with van der Waals surface area (Å²) >= 11 is 0. The number of hydrogen-bond donors (Lipinski definition) is 1. The summed E-state index contributed by atoms with van der Waals surface area (Å²) in [6, 6.07) is 0.702. The van der Waals surface area contributed by atoms with Crippen LogP contribution in [0.2, 0.25) is 0 Å². The molecule has 0 radical (unpaired) electrons. The van der Waals surface area contributed by atoms with Crippen molar-refractivity contribution in [3.8, 4) is 0 Å². The van der Waals surface area contributed by atoms with Crippen molar-refractivity contribution in [1.29, 1.82) is 0 Å². The first-order chi connectivity index (χ1) is 7.80. The van der Waals surface area contributed by atoms with Gasteiger partial charge in [0, 0.05) is 33.4 Å². The molecular formula is C12H24N2O2. The van der Waals surface area contributed by atoms with Crippen molar-refractivity contribution in [3.63, 3.8) is 0 Å². The predicted octanol–water partition coefficient (Wildman–Crippen LogP) is 0.535. The highest BCUT2D eigenvalue weighted by molar-refractivity contribution is 4.98. The zero-order chi connectivity index (χ0) is 11.5. The minimum Gasteiger partial charge on any atom is -0.355 e. The molecule has 2 saturated heterocycles. The third-order valence-corrected chi connectivity index (χ3v) is 4.15. The minimum atomic E-state index is -0.0826. The average Bonchev–Trinajstić information content (AvgIpc) is 2.85. The molecule has 2 rings (SSSR count). The van der Waals surface area contributed by atoms with Crippen LogP contribution < -0.4 is 5.32 Å². The van der Waals surface area contributed by atoms with Crippen LogP contribution in [-0.4, -0.2) is 57.6 Å². The van der Waals surface area contributed by atoms with Gasteiger partial charge in [-0.2, -0.15) is 0 Å². The molecule has 2 heterocycles. The second-order valence-corrected chi connectivity index (χ2v) is 4.91. The first-order valence-electron chi connectivity index (χ1n) is 6.30. The molecule has 0 amide bonds. The van der Waals surface area contributed by atoms with Gasteiger partial charge in [-0.05, 0) is 31.3 Å². The van der Waals surface area contributed by atoms with E-state index < -0.39 is 0 Å². The Morgan fingerprint density at radius 3 is 2.69 bits per heavy atom. The lowest BCUT2D eigenvalue weighted by atomic mass is 9.93. The van der Waals surface area contributed by atoms with Crippen LogP contribution >= 0.6 is 0 Å². The number of hydrogen-bond acceptors (Lipinski definition) is 4. The van der Waals surface area contributed by atoms with E-state index in [4.69, 9.17) is 9.47 Å². The van der Waals surface area contributed by atoms with Crippen LogP contribution in [0.15, 0.2) is 0 Å². The van der Waals surface area contributed by atoms with Crippen molar-refractivity contribution in [1.82, 2.24) is 10.2 Å². The Balaban J connectivity index is 1.94. The van der Waals surface area contributed by atoms with Crippen molar-refractivity contribution in [2.75, 3.05) is 40.4 Å². The summed E-state index contributed by atoms with van der Waals surface area (Å²) in [6.07, 6.45) is 1.14. The lowest BCUT2D eigenvalue weighted by Crippen LogP contribution is -2.41. The molecule has 16 heavy (non-hydrogen) atoms. The molecule has 2 fully saturated rings. The van der Waals surface area contributed by atoms with Crippen molar-refractivity contribution in [3.05, 3.63) is 0 Å². The summed E-state index contributed by atoms with van der Waals surface area (Å²) in [7, 11) is 3.43. The van der Waals surface area contributed by atoms with Gasteiger partial charge in [-0.15, -0.1) is 0 Å². The highest BCUT2D eigenvalue weighted by Crippen LogP contribution is 2.34. The van der Waals surface area contributed by atoms with Crippen LogP contribution in [0.25, 0.3) is 0 Å². The summed E-state index contributed by atoms with van der Waals surface area (Å²) in [5, 5.41) is 3.50. The van der Waals surface area contributed by atoms with E-state index in [1.54, 1.807) is 14.2 Å². The first-order valence-corrected chi connectivity index (χ1v) is 6.30. The fourth-order valence-corrected chi connectivity index (χ4v) is 3.32. The van der Waals surface area contributed by atoms with Crippen LogP contribution in [0.5, 0.6) is 0 Å². The molecule has 1 N–H and O–H groups in total. The predicted molar refractivity (Wildman–Crippen MR) is 63.3 cm³/mol. The van der Waals surface area contributed by atoms with Gasteiger partial charge in [-0.1, -0.05) is 6.92 Å². The second-order valence-electron chi connectivity index (χ2n) is 4.91. The molecule has 2 aliphatic rings. The Morgan fingerprint density at radius 1 is 1.31 bits per heavy atom. The number of nitrogens with zero attached hydrogens (tertiary/aromatic N) is 1. The Morgan fingerprint density at radius 2 is 2.06 bits per heavy atom. The summed E-state index contributed by atoms with van der Waals surface area (Å²) in [5.74, 6) is 1.67. The standard InChI is InChI=1S/C12H24N2O2/c1-4-11-10-6-13-5-9(10)7-14(11)8-12(15-2)16-3/h9-13H,4-8H2,1-3H3. The van der Waals surface area contributed by atoms with Crippen LogP contribution in [-0.2, 0) is 9.47 Å². The van der Waals surface area contributed by atoms with Gasteiger partial charge in [-0.25, -0.2) is 0 Å². The van der Waals surface area contributed by atoms with Crippen molar-refractivity contribution in [2.45, 2.75) is 25.7 Å². The van der Waals surface area contributed by atoms with E-state index in [0.29, 0.717) is 6.04 Å². The number of rotatable bonds is 5. The molecule has 0 bridgehead atoms. The van der Waals surface area contributed by atoms with Crippen LogP contribution in [0.3, 0.4) is 0 Å². The maximum Gasteiger partial charge on any atom is 0.169 e. The molecule has 0 spiro atoms. The molecule has 0 saturated carbocycles. The average molecular weight is 228 g/mol. The van der Waals surface area contributed by atoms with Gasteiger partial charge in [-0.3, -0.25) is 4.90 Å². The van der Waals surface area contributed by atoms with Crippen molar-refractivity contribution >= 4 is 0 Å². The maximum atomic E-state index is 5.30. The highest BCUT2D eigenvalue weighted by atomic mass is 16.7. The normalized spacial score (nSPS) is 34.9. The second kappa shape index (κ2) is 5.45. The van der Waals surface area contributed by atoms with E-state index in [2.05, 4.69) is 17.1 Å². The topological polar surface area (TPSA) is 33.7 Å². The van der Waals surface area contributed by atoms with E-state index in [9.17, 15) is 0 Å². The Hall–Kier alpha value is -0.160. The van der Waals surface area contributed by atoms with Crippen molar-refractivity contribution in [2.24, 2.45) is 11.8 Å². The Kier molecular flexibility index (Phi) is 4.19. The van der Waals surface area contributed by atoms with Gasteiger partial charge >= 0.3 is 0 Å². The molecule has 0 aromatic heterocycles. The van der Waals surface area contributed by atoms with E-state index in [1.807, 2.05) is 0 Å². The first kappa shape index (κ1) is 12.3. The lowest BCUT2D eigenvalue weighted by Gasteiger charge is -2.29. The number of ether oxygens (including phenoxy) is 2. The summed E-state index contributed by atoms with van der Waals surface area (Å²) in [4.78, 5) is 2.55. The summed E-state index contributed by atoms with van der Waals surface area (Å²) in [6.45, 7) is 6.75. The zero-order valence-corrected chi connectivity index (χ0v) is 10.6. The monoisotopic (exact) mass is 228 g/mol. The molecule has 3 unspecified atom stereocenters. The SMILES string of the molecule is CCC1C2CNCC2CN1CC(OC)OC. The molecule has 2 aliphatic heterocycles. The Labute approximate surface area is 98.3 Å². The van der Waals surface area contributed by atoms with Gasteiger partial charge in [0.1, 0.15) is 0 Å². The fraction of sp³-hybridized carbons (Fsp3) is 1.00. The van der Waals surface area contributed by atoms with Gasteiger partial charge in [0.2, 0.25) is 0 Å². The van der Waals surface area contributed by atoms with Gasteiger partial charge < -0.3 is 14.8 Å². The molecule has 0 aromatic carbocycles. The van der Waals surface area contributed by atoms with Crippen molar-refractivity contribution < 1.29 is 9.47 Å². The number of fused-ring (bicyclic) bond motifs is 1. The van der Waals surface area contributed by atoms with Crippen LogP contribution in [0, 0.1) is 11.8 Å². The molecule has 0 aromatic rings. The zero-order valence-electron chi connectivity index (χ0n) is 10.6. The lowest BCUT2D eigenvalue weighted by molar-refractivity contribution is -0.118. The molecule has 3 atom stereocenters. The quantitative estimate of drug-likeness (QED) is 0.696. The highest BCUT2D eigenvalue weighted by Gasteiger charge is 2.43. The third-order valence-electron chi connectivity index (χ3n) is 4.15. The number of methoxy groups -OCH3 is 2. The van der Waals surface area contributed by atoms with Crippen LogP contribution in [0.4, 0.5) is 0 Å². The van der Waals surface area contributed by atoms with Crippen LogP contribution in [0.1, 0.15) is 13.3 Å². The summed E-state index contributed by atoms with van der Waals surface area (Å²) < 4.78 is 10.6. The Bertz CT molecular complexity index is 221. The fourth-order valence-electron chi connectivity index (χ4n) is 3.32. The minimum absolute atomic E-state index is 0.0826. The van der Waals surface area contributed by atoms with E-state index >= 15 is 0 Å². The largest absolute Gasteiger partial charge is 0.355 e. The van der Waals surface area contributed by atoms with E-state index in [0.717, 1.165) is 18.4 Å². The molecule has 94 valence electrons. The van der Waals surface area contributed by atoms with E-state index in [1.165, 1.54) is 26.1 Å².